The second kappa shape index (κ2) is 13.7. The van der Waals surface area contributed by atoms with Crippen LogP contribution in [0, 0.1) is 0 Å². The molecule has 0 amide bonds. The van der Waals surface area contributed by atoms with E-state index in [-0.39, 0.29) is 10.9 Å². The number of rotatable bonds is 6. The number of anilines is 1. The maximum atomic E-state index is 14.9. The van der Waals surface area contributed by atoms with Crippen molar-refractivity contribution < 1.29 is 36.8 Å². The smallest absolute Gasteiger partial charge is 0.277 e. The van der Waals surface area contributed by atoms with Gasteiger partial charge in [0.25, 0.3) is 10.0 Å². The summed E-state index contributed by atoms with van der Waals surface area (Å²) in [6.07, 6.45) is 2.59. The van der Waals surface area contributed by atoms with E-state index in [0.717, 1.165) is 47.2 Å². The molecule has 7 bridgehead atoms. The van der Waals surface area contributed by atoms with E-state index in [1.807, 2.05) is 29.3 Å². The lowest BCUT2D eigenvalue weighted by Gasteiger charge is -2.48. The minimum Gasteiger partial charge on any atom is -0.493 e. The fourth-order valence-electron chi connectivity index (χ4n) is 8.64. The van der Waals surface area contributed by atoms with Gasteiger partial charge in [0.1, 0.15) is 5.75 Å². The molecule has 12 heteroatoms. The Morgan fingerprint density at radius 3 is 2.09 bits per heavy atom. The molecule has 0 fully saturated rings. The summed E-state index contributed by atoms with van der Waals surface area (Å²) in [5.74, 6) is 4.07. The average Bonchev–Trinajstić information content (AvgIpc) is 3.20. The molecule has 5 heterocycles. The Hall–Kier alpha value is -5.43. The maximum Gasteiger partial charge on any atom is 0.277 e. The van der Waals surface area contributed by atoms with Crippen LogP contribution in [0.3, 0.4) is 0 Å². The van der Waals surface area contributed by atoms with Gasteiger partial charge in [0.2, 0.25) is 5.75 Å². The van der Waals surface area contributed by atoms with Gasteiger partial charge in [-0.15, -0.1) is 0 Å². The first-order valence-electron chi connectivity index (χ1n) is 18.4. The summed E-state index contributed by atoms with van der Waals surface area (Å²) in [5, 5.41) is 1.93. The molecule has 10 rings (SSSR count). The van der Waals surface area contributed by atoms with Gasteiger partial charge in [-0.1, -0.05) is 30.3 Å². The third-order valence-corrected chi connectivity index (χ3v) is 13.1. The molecule has 0 saturated carbocycles. The summed E-state index contributed by atoms with van der Waals surface area (Å²) >= 11 is 0. The molecule has 0 aliphatic carbocycles. The lowest BCUT2D eigenvalue weighted by molar-refractivity contribution is 0.178. The fraction of sp³-hybridized carbons (Fsp3) is 0.302. The number of methoxy groups -OCH3 is 4. The molecule has 55 heavy (non-hydrogen) atoms. The Bertz CT molecular complexity index is 2400. The number of benzene rings is 5. The first-order valence-corrected chi connectivity index (χ1v) is 19.9. The molecular formula is C43H43N3O8S. The van der Waals surface area contributed by atoms with E-state index in [2.05, 4.69) is 36.2 Å². The summed E-state index contributed by atoms with van der Waals surface area (Å²) in [4.78, 5) is 2.55. The highest BCUT2D eigenvalue weighted by Gasteiger charge is 2.46. The first-order chi connectivity index (χ1) is 26.7. The van der Waals surface area contributed by atoms with Crippen LogP contribution in [-0.4, -0.2) is 66.9 Å². The van der Waals surface area contributed by atoms with Crippen molar-refractivity contribution in [2.45, 2.75) is 42.7 Å². The lowest BCUT2D eigenvalue weighted by atomic mass is 9.86. The monoisotopic (exact) mass is 761 g/mol. The van der Waals surface area contributed by atoms with E-state index in [1.54, 1.807) is 64.8 Å². The van der Waals surface area contributed by atoms with Gasteiger partial charge in [-0.25, -0.2) is 0 Å². The summed E-state index contributed by atoms with van der Waals surface area (Å²) < 4.78 is 68.7. The molecule has 11 nitrogen and oxygen atoms in total. The number of likely N-dealkylation sites (N-methyl/N-ethyl adjacent to an activating group) is 1. The van der Waals surface area contributed by atoms with Crippen LogP contribution in [-0.2, 0) is 35.7 Å². The zero-order valence-electron chi connectivity index (χ0n) is 31.5. The minimum absolute atomic E-state index is 0.0737. The van der Waals surface area contributed by atoms with Gasteiger partial charge in [-0.3, -0.25) is 4.90 Å². The van der Waals surface area contributed by atoms with Crippen molar-refractivity contribution in [1.82, 2.24) is 9.91 Å². The molecule has 2 atom stereocenters. The van der Waals surface area contributed by atoms with Gasteiger partial charge in [0, 0.05) is 30.8 Å². The zero-order valence-corrected chi connectivity index (χ0v) is 32.3. The van der Waals surface area contributed by atoms with Crippen molar-refractivity contribution >= 4 is 15.7 Å². The highest BCUT2D eigenvalue weighted by molar-refractivity contribution is 7.92. The van der Waals surface area contributed by atoms with E-state index in [9.17, 15) is 8.42 Å². The highest BCUT2D eigenvalue weighted by atomic mass is 32.2. The molecule has 5 aromatic carbocycles. The van der Waals surface area contributed by atoms with Crippen LogP contribution < -0.4 is 32.8 Å². The van der Waals surface area contributed by atoms with Crippen molar-refractivity contribution in [1.29, 1.82) is 0 Å². The van der Waals surface area contributed by atoms with Crippen LogP contribution in [0.4, 0.5) is 5.69 Å². The Morgan fingerprint density at radius 2 is 1.36 bits per heavy atom. The fourth-order valence-corrected chi connectivity index (χ4v) is 10.2. The molecule has 0 spiro atoms. The number of hydrogen-bond acceptors (Lipinski definition) is 10. The topological polar surface area (TPSA) is 99.2 Å². The average molecular weight is 762 g/mol. The van der Waals surface area contributed by atoms with E-state index in [0.29, 0.717) is 71.1 Å². The molecule has 0 aromatic heterocycles. The molecule has 0 N–H and O–H groups in total. The third-order valence-electron chi connectivity index (χ3n) is 11.4. The number of hydrazine groups is 1. The van der Waals surface area contributed by atoms with Gasteiger partial charge >= 0.3 is 0 Å². The second-order valence-electron chi connectivity index (χ2n) is 14.3. The number of sulfonamides is 1. The van der Waals surface area contributed by atoms with Crippen LogP contribution in [0.15, 0.2) is 89.8 Å². The predicted molar refractivity (Wildman–Crippen MR) is 208 cm³/mol. The summed E-state index contributed by atoms with van der Waals surface area (Å²) in [5.41, 5.74) is 6.56. The van der Waals surface area contributed by atoms with Gasteiger partial charge < -0.3 is 28.4 Å². The Balaban J connectivity index is 1.33. The number of nitrogens with zero attached hydrogens (tertiary/aromatic N) is 3. The van der Waals surface area contributed by atoms with E-state index >= 15 is 0 Å². The standard InChI is InChI=1S/C43H43N3O8S/c1-44-17-15-27-21-36(49-2)39-24-32(27)34(44)19-26-11-13-30(14-12-26)53-38-23-29-20-35-41-28(22-40(51-4)42(52-5)43(41)54-39)16-18-45(35)46(33(29)25-37(38)50-3)55(47,48)31-9-7-6-8-10-31/h6-14,21-25,34-35H,15-20H2,1-5H3/t34-,35+/m1/s1. The quantitative estimate of drug-likeness (QED) is 0.172. The zero-order chi connectivity index (χ0) is 38.0. The number of hydrogen-bond donors (Lipinski definition) is 0. The Labute approximate surface area is 321 Å². The van der Waals surface area contributed by atoms with Gasteiger partial charge in [-0.05, 0) is 109 Å². The molecule has 5 aromatic rings. The lowest BCUT2D eigenvalue weighted by Crippen LogP contribution is -2.54. The molecule has 5 aliphatic heterocycles. The number of ether oxygens (including phenoxy) is 6. The SMILES string of the molecule is COc1cc2c3cc1Oc1ccc(cc1)C[C@@H]1c4cc(c(OC)cc4CCN1C)Oc1c(OC)c(OC)cc4c1[C@H](C3)N(CC4)N2S(=O)(=O)c1ccccc1. The van der Waals surface area contributed by atoms with Crippen molar-refractivity contribution in [3.05, 3.63) is 118 Å². The van der Waals surface area contributed by atoms with Crippen LogP contribution in [0.1, 0.15) is 45.5 Å². The van der Waals surface area contributed by atoms with Gasteiger partial charge in [0.05, 0.1) is 45.1 Å². The van der Waals surface area contributed by atoms with E-state index in [1.165, 1.54) is 9.98 Å². The summed E-state index contributed by atoms with van der Waals surface area (Å²) in [6, 6.07) is 26.1. The third kappa shape index (κ3) is 5.82. The first kappa shape index (κ1) is 35.3. The van der Waals surface area contributed by atoms with Crippen molar-refractivity contribution in [2.75, 3.05) is 53.0 Å². The summed E-state index contributed by atoms with van der Waals surface area (Å²) in [6.45, 7) is 1.30. The van der Waals surface area contributed by atoms with Crippen molar-refractivity contribution in [2.24, 2.45) is 0 Å². The number of fused-ring (bicyclic) bond motifs is 2. The Morgan fingerprint density at radius 1 is 0.673 bits per heavy atom. The normalized spacial score (nSPS) is 18.8. The van der Waals surface area contributed by atoms with Crippen molar-refractivity contribution in [3.63, 3.8) is 0 Å². The van der Waals surface area contributed by atoms with Crippen LogP contribution >= 0.6 is 0 Å². The molecule has 5 aliphatic rings. The predicted octanol–water partition coefficient (Wildman–Crippen LogP) is 7.66. The molecule has 0 unspecified atom stereocenters. The second-order valence-corrected chi connectivity index (χ2v) is 16.1. The molecule has 0 saturated heterocycles. The minimum atomic E-state index is -4.13. The van der Waals surface area contributed by atoms with E-state index < -0.39 is 16.1 Å². The van der Waals surface area contributed by atoms with Crippen LogP contribution in [0.25, 0.3) is 0 Å². The maximum absolute atomic E-state index is 14.9. The van der Waals surface area contributed by atoms with Gasteiger partial charge in [-0.2, -0.15) is 17.8 Å². The highest BCUT2D eigenvalue weighted by Crippen LogP contribution is 2.55. The van der Waals surface area contributed by atoms with Gasteiger partial charge in [0.15, 0.2) is 34.5 Å². The van der Waals surface area contributed by atoms with E-state index in [4.69, 9.17) is 28.4 Å². The van der Waals surface area contributed by atoms with Crippen molar-refractivity contribution in [3.8, 4) is 46.0 Å². The molecular weight excluding hydrogens is 719 g/mol. The van der Waals surface area contributed by atoms with Crippen LogP contribution in [0.5, 0.6) is 46.0 Å². The largest absolute Gasteiger partial charge is 0.493 e. The molecule has 284 valence electrons. The van der Waals surface area contributed by atoms with Crippen LogP contribution in [0.2, 0.25) is 0 Å². The summed E-state index contributed by atoms with van der Waals surface area (Å²) in [7, 11) is 4.45. The Kier molecular flexibility index (Phi) is 8.79. The molecule has 0 radical (unpaired) electrons.